The van der Waals surface area contributed by atoms with Crippen LogP contribution in [-0.4, -0.2) is 20.6 Å². The van der Waals surface area contributed by atoms with Crippen molar-refractivity contribution in [1.82, 2.24) is 9.55 Å². The molecular weight excluding hydrogens is 496 g/mol. The number of carboxylic acid groups (broad SMARTS) is 1. The lowest BCUT2D eigenvalue weighted by molar-refractivity contribution is -0.146. The van der Waals surface area contributed by atoms with Gasteiger partial charge in [-0.05, 0) is 74.7 Å². The number of rotatable bonds is 9. The molecule has 0 bridgehead atoms. The van der Waals surface area contributed by atoms with Gasteiger partial charge in [0.2, 0.25) is 0 Å². The second kappa shape index (κ2) is 10.5. The number of aromatic nitrogens is 2. The molecule has 0 aliphatic heterocycles. The second-order valence-electron chi connectivity index (χ2n) is 10.3. The largest absolute Gasteiger partial charge is 0.487 e. The lowest BCUT2D eigenvalue weighted by atomic mass is 9.86. The number of para-hydroxylation sites is 1. The number of pyridine rings is 1. The van der Waals surface area contributed by atoms with Crippen molar-refractivity contribution in [1.29, 1.82) is 0 Å². The third kappa shape index (κ3) is 5.25. The highest BCUT2D eigenvalue weighted by Gasteiger charge is 2.31. The number of hydrogen-bond acceptors (Lipinski definition) is 3. The Balaban J connectivity index is 1.52. The zero-order chi connectivity index (χ0) is 26.9. The third-order valence-electron chi connectivity index (χ3n) is 7.10. The molecule has 0 saturated heterocycles. The minimum Gasteiger partial charge on any atom is -0.487 e. The SMILES string of the molecule is CCn1c(CC(C)(C)C(=O)O)c(Cc2ccc(Cl)cc2)c2ccc(OCc3ccc4ccccc4n3)cc21. The van der Waals surface area contributed by atoms with Gasteiger partial charge >= 0.3 is 5.97 Å². The number of ether oxygens (including phenoxy) is 1. The van der Waals surface area contributed by atoms with Gasteiger partial charge in [-0.25, -0.2) is 4.98 Å². The van der Waals surface area contributed by atoms with E-state index in [1.54, 1.807) is 13.8 Å². The molecular formula is C32H31ClN2O3. The molecule has 2 heterocycles. The summed E-state index contributed by atoms with van der Waals surface area (Å²) in [5.74, 6) is -0.0588. The maximum Gasteiger partial charge on any atom is 0.309 e. The number of nitrogens with zero attached hydrogens (tertiary/aromatic N) is 2. The topological polar surface area (TPSA) is 64.4 Å². The van der Waals surface area contributed by atoms with E-state index >= 15 is 0 Å². The number of carboxylic acids is 1. The molecule has 0 fully saturated rings. The van der Waals surface area contributed by atoms with Crippen LogP contribution in [-0.2, 0) is 30.8 Å². The number of halogens is 1. The van der Waals surface area contributed by atoms with Crippen LogP contribution in [0.2, 0.25) is 5.02 Å². The number of carbonyl (C=O) groups is 1. The van der Waals surface area contributed by atoms with Crippen molar-refractivity contribution in [2.75, 3.05) is 0 Å². The van der Waals surface area contributed by atoms with Crippen LogP contribution in [0.25, 0.3) is 21.8 Å². The van der Waals surface area contributed by atoms with Gasteiger partial charge < -0.3 is 14.4 Å². The molecule has 5 aromatic rings. The highest BCUT2D eigenvalue weighted by molar-refractivity contribution is 6.30. The summed E-state index contributed by atoms with van der Waals surface area (Å²) in [7, 11) is 0. The summed E-state index contributed by atoms with van der Waals surface area (Å²) in [6.07, 6.45) is 1.11. The maximum atomic E-state index is 12.1. The van der Waals surface area contributed by atoms with Crippen LogP contribution in [0.4, 0.5) is 0 Å². The van der Waals surface area contributed by atoms with Gasteiger partial charge in [0.1, 0.15) is 12.4 Å². The highest BCUT2D eigenvalue weighted by Crippen LogP contribution is 2.35. The van der Waals surface area contributed by atoms with E-state index in [9.17, 15) is 9.90 Å². The molecule has 1 N–H and O–H groups in total. The fourth-order valence-corrected chi connectivity index (χ4v) is 5.08. The Kier molecular flexibility index (Phi) is 7.13. The van der Waals surface area contributed by atoms with Crippen LogP contribution >= 0.6 is 11.6 Å². The van der Waals surface area contributed by atoms with E-state index in [1.165, 1.54) is 0 Å². The second-order valence-corrected chi connectivity index (χ2v) is 10.7. The molecule has 0 radical (unpaired) electrons. The Morgan fingerprint density at radius 1 is 1.03 bits per heavy atom. The summed E-state index contributed by atoms with van der Waals surface area (Å²) in [6.45, 7) is 6.74. The van der Waals surface area contributed by atoms with Crippen molar-refractivity contribution in [3.05, 3.63) is 106 Å². The van der Waals surface area contributed by atoms with E-state index in [0.29, 0.717) is 24.5 Å². The summed E-state index contributed by atoms with van der Waals surface area (Å²) in [5, 5.41) is 12.8. The van der Waals surface area contributed by atoms with Crippen LogP contribution in [0.1, 0.15) is 43.3 Å². The van der Waals surface area contributed by atoms with Crippen LogP contribution in [0.5, 0.6) is 5.75 Å². The van der Waals surface area contributed by atoms with Crippen molar-refractivity contribution < 1.29 is 14.6 Å². The Morgan fingerprint density at radius 2 is 1.79 bits per heavy atom. The number of aryl methyl sites for hydroxylation is 1. The van der Waals surface area contributed by atoms with Gasteiger partial charge in [0, 0.05) is 40.5 Å². The first-order valence-electron chi connectivity index (χ1n) is 12.8. The fourth-order valence-electron chi connectivity index (χ4n) is 4.95. The molecule has 6 heteroatoms. The van der Waals surface area contributed by atoms with Crippen molar-refractivity contribution >= 4 is 39.4 Å². The first-order valence-corrected chi connectivity index (χ1v) is 13.2. The zero-order valence-electron chi connectivity index (χ0n) is 21.9. The highest BCUT2D eigenvalue weighted by atomic mass is 35.5. The average molecular weight is 527 g/mol. The molecule has 0 unspecified atom stereocenters. The van der Waals surface area contributed by atoms with Crippen molar-refractivity contribution in [2.45, 2.75) is 46.8 Å². The molecule has 2 aromatic heterocycles. The smallest absolute Gasteiger partial charge is 0.309 e. The molecule has 194 valence electrons. The van der Waals surface area contributed by atoms with E-state index in [-0.39, 0.29) is 0 Å². The van der Waals surface area contributed by atoms with Crippen molar-refractivity contribution in [2.24, 2.45) is 5.41 Å². The summed E-state index contributed by atoms with van der Waals surface area (Å²) < 4.78 is 8.41. The number of aliphatic carboxylic acids is 1. The van der Waals surface area contributed by atoms with Crippen molar-refractivity contribution in [3.63, 3.8) is 0 Å². The summed E-state index contributed by atoms with van der Waals surface area (Å²) in [4.78, 5) is 16.8. The predicted octanol–water partition coefficient (Wildman–Crippen LogP) is 7.69. The van der Waals surface area contributed by atoms with Gasteiger partial charge in [0.05, 0.1) is 22.1 Å². The van der Waals surface area contributed by atoms with E-state index in [4.69, 9.17) is 21.3 Å². The zero-order valence-corrected chi connectivity index (χ0v) is 22.6. The van der Waals surface area contributed by atoms with Crippen LogP contribution in [0.15, 0.2) is 78.9 Å². The molecule has 3 aromatic carbocycles. The van der Waals surface area contributed by atoms with Gasteiger partial charge in [0.25, 0.3) is 0 Å². The molecule has 0 spiro atoms. The Morgan fingerprint density at radius 3 is 2.53 bits per heavy atom. The molecule has 5 rings (SSSR count). The van der Waals surface area contributed by atoms with Crippen LogP contribution in [0, 0.1) is 5.41 Å². The molecule has 5 nitrogen and oxygen atoms in total. The quantitative estimate of drug-likeness (QED) is 0.214. The van der Waals surface area contributed by atoms with Crippen LogP contribution < -0.4 is 4.74 Å². The molecule has 0 saturated carbocycles. The van der Waals surface area contributed by atoms with Gasteiger partial charge in [-0.15, -0.1) is 0 Å². The Hall–Kier alpha value is -3.83. The standard InChI is InChI=1S/C32H31ClN2O3/c1-4-35-29-18-25(38-20-24-14-11-22-7-5-6-8-28(22)34-24)15-16-26(29)27(17-21-9-12-23(33)13-10-21)30(35)19-32(2,3)31(36)37/h5-16,18H,4,17,19-20H2,1-3H3,(H,36,37). The fraction of sp³-hybridized carbons (Fsp3) is 0.250. The van der Waals surface area contributed by atoms with Crippen molar-refractivity contribution in [3.8, 4) is 5.75 Å². The average Bonchev–Trinajstić information content (AvgIpc) is 3.19. The van der Waals surface area contributed by atoms with E-state index in [2.05, 4.69) is 29.7 Å². The van der Waals surface area contributed by atoms with Gasteiger partial charge in [-0.1, -0.05) is 48.0 Å². The molecule has 0 amide bonds. The lowest BCUT2D eigenvalue weighted by Crippen LogP contribution is -2.28. The summed E-state index contributed by atoms with van der Waals surface area (Å²) >= 11 is 6.12. The first-order chi connectivity index (χ1) is 18.2. The lowest BCUT2D eigenvalue weighted by Gasteiger charge is -2.21. The summed E-state index contributed by atoms with van der Waals surface area (Å²) in [5.41, 5.74) is 5.25. The normalized spacial score (nSPS) is 11.8. The first kappa shape index (κ1) is 25.8. The number of fused-ring (bicyclic) bond motifs is 2. The van der Waals surface area contributed by atoms with Gasteiger partial charge in [-0.2, -0.15) is 0 Å². The minimum atomic E-state index is -0.906. The third-order valence-corrected chi connectivity index (χ3v) is 7.35. The van der Waals surface area contributed by atoms with Gasteiger partial charge in [-0.3, -0.25) is 4.79 Å². The van der Waals surface area contributed by atoms with E-state index in [0.717, 1.165) is 56.6 Å². The molecule has 0 aliphatic rings. The Labute approximate surface area is 227 Å². The predicted molar refractivity (Wildman–Crippen MR) is 153 cm³/mol. The van der Waals surface area contributed by atoms with Gasteiger partial charge in [0.15, 0.2) is 0 Å². The molecule has 38 heavy (non-hydrogen) atoms. The maximum absolute atomic E-state index is 12.1. The van der Waals surface area contributed by atoms with Crippen LogP contribution in [0.3, 0.4) is 0 Å². The Bertz CT molecular complexity index is 1620. The summed E-state index contributed by atoms with van der Waals surface area (Å²) in [6, 6.07) is 26.1. The van der Waals surface area contributed by atoms with E-state index < -0.39 is 11.4 Å². The minimum absolute atomic E-state index is 0.361. The number of benzene rings is 3. The molecule has 0 aliphatic carbocycles. The monoisotopic (exact) mass is 526 g/mol. The molecule has 0 atom stereocenters. The number of hydrogen-bond donors (Lipinski definition) is 1. The van der Waals surface area contributed by atoms with E-state index in [1.807, 2.05) is 60.7 Å².